The topological polar surface area (TPSA) is 38.0 Å². The third-order valence-corrected chi connectivity index (χ3v) is 0.985. The Kier molecular flexibility index (Phi) is 1.20. The van der Waals surface area contributed by atoms with Crippen molar-refractivity contribution in [3.8, 4) is 5.88 Å². The third-order valence-electron chi connectivity index (χ3n) is 0.985. The van der Waals surface area contributed by atoms with Gasteiger partial charge in [-0.05, 0) is 6.92 Å². The van der Waals surface area contributed by atoms with Crippen LogP contribution in [-0.2, 0) is 6.54 Å². The van der Waals surface area contributed by atoms with Gasteiger partial charge in [-0.15, -0.1) is 0 Å². The van der Waals surface area contributed by atoms with E-state index in [1.165, 1.54) is 0 Å². The highest BCUT2D eigenvalue weighted by molar-refractivity contribution is 4.99. The molecular weight excluding hydrogens is 104 g/mol. The zero-order valence-electron chi connectivity index (χ0n) is 4.70. The average molecular weight is 112 g/mol. The summed E-state index contributed by atoms with van der Waals surface area (Å²) in [4.78, 5) is 3.61. The first-order chi connectivity index (χ1) is 3.83. The zero-order valence-corrected chi connectivity index (χ0v) is 4.70. The maximum Gasteiger partial charge on any atom is 0.229 e. The van der Waals surface area contributed by atoms with Gasteiger partial charge in [-0.2, -0.15) is 0 Å². The molecule has 0 unspecified atom stereocenters. The van der Waals surface area contributed by atoms with Crippen molar-refractivity contribution < 1.29 is 5.11 Å². The second kappa shape index (κ2) is 1.86. The Bertz CT molecular complexity index is 171. The molecule has 1 heterocycles. The molecule has 0 aliphatic carbocycles. The SMILES string of the molecule is CCn1cnc(O)c1. The van der Waals surface area contributed by atoms with Gasteiger partial charge in [-0.1, -0.05) is 0 Å². The Morgan fingerprint density at radius 3 is 2.88 bits per heavy atom. The summed E-state index contributed by atoms with van der Waals surface area (Å²) in [6.07, 6.45) is 3.18. The molecule has 1 rings (SSSR count). The number of aromatic nitrogens is 2. The fourth-order valence-corrected chi connectivity index (χ4v) is 0.521. The van der Waals surface area contributed by atoms with Gasteiger partial charge in [0.15, 0.2) is 0 Å². The Morgan fingerprint density at radius 1 is 1.88 bits per heavy atom. The molecule has 0 saturated carbocycles. The smallest absolute Gasteiger partial charge is 0.229 e. The molecule has 0 aliphatic heterocycles. The summed E-state index contributed by atoms with van der Waals surface area (Å²) in [6.45, 7) is 2.84. The molecule has 0 spiro atoms. The molecule has 0 saturated heterocycles. The number of imidazole rings is 1. The van der Waals surface area contributed by atoms with Crippen molar-refractivity contribution in [2.45, 2.75) is 13.5 Å². The Balaban J connectivity index is 2.84. The molecule has 0 radical (unpaired) electrons. The van der Waals surface area contributed by atoms with E-state index in [9.17, 15) is 0 Å². The third kappa shape index (κ3) is 0.804. The van der Waals surface area contributed by atoms with E-state index in [4.69, 9.17) is 5.11 Å². The Morgan fingerprint density at radius 2 is 2.62 bits per heavy atom. The van der Waals surface area contributed by atoms with E-state index < -0.39 is 0 Å². The molecule has 3 heteroatoms. The van der Waals surface area contributed by atoms with Crippen LogP contribution < -0.4 is 0 Å². The number of aromatic hydroxyl groups is 1. The molecule has 1 aromatic heterocycles. The van der Waals surface area contributed by atoms with Gasteiger partial charge >= 0.3 is 0 Å². The highest BCUT2D eigenvalue weighted by Crippen LogP contribution is 2.00. The predicted octanol–water partition coefficient (Wildman–Crippen LogP) is 0.609. The summed E-state index contributed by atoms with van der Waals surface area (Å²) >= 11 is 0. The van der Waals surface area contributed by atoms with Gasteiger partial charge < -0.3 is 9.67 Å². The molecule has 0 atom stereocenters. The number of rotatable bonds is 1. The number of nitrogens with zero attached hydrogens (tertiary/aromatic N) is 2. The van der Waals surface area contributed by atoms with E-state index in [1.807, 2.05) is 6.92 Å². The lowest BCUT2D eigenvalue weighted by Crippen LogP contribution is -1.86. The van der Waals surface area contributed by atoms with Crippen LogP contribution in [0.2, 0.25) is 0 Å². The van der Waals surface area contributed by atoms with E-state index in [0.29, 0.717) is 0 Å². The standard InChI is InChI=1S/C5H8N2O/c1-2-7-3-5(8)6-4-7/h3-4,8H,2H2,1H3. The van der Waals surface area contributed by atoms with E-state index in [0.717, 1.165) is 6.54 Å². The van der Waals surface area contributed by atoms with Gasteiger partial charge in [0.2, 0.25) is 5.88 Å². The maximum atomic E-state index is 8.65. The van der Waals surface area contributed by atoms with Crippen LogP contribution in [0.25, 0.3) is 0 Å². The van der Waals surface area contributed by atoms with Crippen LogP contribution in [0.5, 0.6) is 5.88 Å². The minimum absolute atomic E-state index is 0.0897. The minimum atomic E-state index is 0.0897. The molecule has 0 amide bonds. The molecule has 8 heavy (non-hydrogen) atoms. The van der Waals surface area contributed by atoms with E-state index >= 15 is 0 Å². The van der Waals surface area contributed by atoms with Crippen molar-refractivity contribution in [2.24, 2.45) is 0 Å². The number of hydrogen-bond donors (Lipinski definition) is 1. The van der Waals surface area contributed by atoms with Crippen LogP contribution in [-0.4, -0.2) is 14.7 Å². The lowest BCUT2D eigenvalue weighted by Gasteiger charge is -1.87. The maximum absolute atomic E-state index is 8.65. The Labute approximate surface area is 47.6 Å². The highest BCUT2D eigenvalue weighted by atomic mass is 16.3. The van der Waals surface area contributed by atoms with Crippen LogP contribution in [0.15, 0.2) is 12.5 Å². The van der Waals surface area contributed by atoms with Crippen LogP contribution in [0, 0.1) is 0 Å². The average Bonchev–Trinajstić information content (AvgIpc) is 2.14. The van der Waals surface area contributed by atoms with Gasteiger partial charge in [0, 0.05) is 6.54 Å². The molecule has 0 aliphatic rings. The molecule has 0 bridgehead atoms. The number of aryl methyl sites for hydroxylation is 1. The van der Waals surface area contributed by atoms with Gasteiger partial charge in [0.1, 0.15) is 0 Å². The van der Waals surface area contributed by atoms with Crippen molar-refractivity contribution >= 4 is 0 Å². The van der Waals surface area contributed by atoms with Crippen LogP contribution in [0.1, 0.15) is 6.92 Å². The van der Waals surface area contributed by atoms with Crippen molar-refractivity contribution in [2.75, 3.05) is 0 Å². The molecule has 1 N–H and O–H groups in total. The zero-order chi connectivity index (χ0) is 5.98. The van der Waals surface area contributed by atoms with Crippen LogP contribution in [0.4, 0.5) is 0 Å². The summed E-state index contributed by atoms with van der Waals surface area (Å²) < 4.78 is 1.80. The van der Waals surface area contributed by atoms with Gasteiger partial charge in [0.05, 0.1) is 12.5 Å². The molecule has 1 aromatic rings. The lowest BCUT2D eigenvalue weighted by molar-refractivity contribution is 0.455. The fraction of sp³-hybridized carbons (Fsp3) is 0.400. The summed E-state index contributed by atoms with van der Waals surface area (Å²) in [6, 6.07) is 0. The first-order valence-electron chi connectivity index (χ1n) is 2.53. The molecular formula is C5H8N2O. The number of hydrogen-bond acceptors (Lipinski definition) is 2. The van der Waals surface area contributed by atoms with E-state index in [-0.39, 0.29) is 5.88 Å². The van der Waals surface area contributed by atoms with Crippen molar-refractivity contribution in [1.29, 1.82) is 0 Å². The second-order valence-electron chi connectivity index (χ2n) is 1.56. The largest absolute Gasteiger partial charge is 0.492 e. The quantitative estimate of drug-likeness (QED) is 0.578. The summed E-state index contributed by atoms with van der Waals surface area (Å²) in [7, 11) is 0. The predicted molar refractivity (Wildman–Crippen MR) is 29.6 cm³/mol. The monoisotopic (exact) mass is 112 g/mol. The van der Waals surface area contributed by atoms with Gasteiger partial charge in [-0.3, -0.25) is 0 Å². The van der Waals surface area contributed by atoms with Crippen molar-refractivity contribution in [1.82, 2.24) is 9.55 Å². The van der Waals surface area contributed by atoms with Crippen molar-refractivity contribution in [3.63, 3.8) is 0 Å². The van der Waals surface area contributed by atoms with Gasteiger partial charge in [-0.25, -0.2) is 4.98 Å². The molecule has 44 valence electrons. The lowest BCUT2D eigenvalue weighted by atomic mass is 10.7. The summed E-state index contributed by atoms with van der Waals surface area (Å²) in [5.74, 6) is 0.0897. The molecule has 3 nitrogen and oxygen atoms in total. The van der Waals surface area contributed by atoms with Gasteiger partial charge in [0.25, 0.3) is 0 Å². The first kappa shape index (κ1) is 5.15. The highest BCUT2D eigenvalue weighted by Gasteiger charge is 1.88. The van der Waals surface area contributed by atoms with E-state index in [2.05, 4.69) is 4.98 Å². The second-order valence-corrected chi connectivity index (χ2v) is 1.56. The van der Waals surface area contributed by atoms with Crippen LogP contribution in [0.3, 0.4) is 0 Å². The van der Waals surface area contributed by atoms with Crippen molar-refractivity contribution in [3.05, 3.63) is 12.5 Å². The fourth-order valence-electron chi connectivity index (χ4n) is 0.521. The van der Waals surface area contributed by atoms with E-state index in [1.54, 1.807) is 17.1 Å². The summed E-state index contributed by atoms with van der Waals surface area (Å²) in [5, 5.41) is 8.65. The summed E-state index contributed by atoms with van der Waals surface area (Å²) in [5.41, 5.74) is 0. The molecule has 0 aromatic carbocycles. The van der Waals surface area contributed by atoms with Crippen LogP contribution >= 0.6 is 0 Å². The normalized spacial score (nSPS) is 9.62. The molecule has 0 fully saturated rings. The minimum Gasteiger partial charge on any atom is -0.492 e. The Hall–Kier alpha value is -0.990. The first-order valence-corrected chi connectivity index (χ1v) is 2.53.